The molecule has 0 saturated carbocycles. The van der Waals surface area contributed by atoms with Crippen LogP contribution < -0.4 is 0 Å². The molecule has 0 amide bonds. The van der Waals surface area contributed by atoms with Crippen molar-refractivity contribution in [1.29, 1.82) is 0 Å². The van der Waals surface area contributed by atoms with Crippen LogP contribution in [0.15, 0.2) is 0 Å². The van der Waals surface area contributed by atoms with Crippen LogP contribution in [0.2, 0.25) is 0 Å². The Labute approximate surface area is 76.3 Å². The summed E-state index contributed by atoms with van der Waals surface area (Å²) in [5.41, 5.74) is 0. The zero-order chi connectivity index (χ0) is 9.23. The zero-order valence-electron chi connectivity index (χ0n) is 8.64. The van der Waals surface area contributed by atoms with Crippen LogP contribution in [0, 0.1) is 0 Å². The molecule has 0 spiro atoms. The lowest BCUT2D eigenvalue weighted by atomic mass is 10.2. The summed E-state index contributed by atoms with van der Waals surface area (Å²) >= 11 is 0. The lowest BCUT2D eigenvalue weighted by Gasteiger charge is -2.11. The van der Waals surface area contributed by atoms with Gasteiger partial charge < -0.3 is 9.47 Å². The first kappa shape index (κ1) is 11.9. The summed E-state index contributed by atoms with van der Waals surface area (Å²) in [4.78, 5) is 0. The fourth-order valence-corrected chi connectivity index (χ4v) is 1.03. The Morgan fingerprint density at radius 2 is 1.92 bits per heavy atom. The Kier molecular flexibility index (Phi) is 8.95. The maximum Gasteiger partial charge on any atom is 0.0704 e. The highest BCUT2D eigenvalue weighted by Gasteiger charge is 1.99. The highest BCUT2D eigenvalue weighted by Crippen LogP contribution is 2.03. The Bertz CT molecular complexity index is 83.9. The summed E-state index contributed by atoms with van der Waals surface area (Å²) in [7, 11) is 0. The normalized spacial score (nSPS) is 13.2. The van der Waals surface area contributed by atoms with E-state index in [0.717, 1.165) is 19.8 Å². The van der Waals surface area contributed by atoms with Crippen molar-refractivity contribution in [2.24, 2.45) is 0 Å². The van der Waals surface area contributed by atoms with Crippen LogP contribution in [0.4, 0.5) is 0 Å². The average molecular weight is 174 g/mol. The first-order valence-electron chi connectivity index (χ1n) is 5.00. The lowest BCUT2D eigenvalue weighted by molar-refractivity contribution is 0.0114. The van der Waals surface area contributed by atoms with E-state index >= 15 is 0 Å². The van der Waals surface area contributed by atoms with E-state index in [1.807, 2.05) is 6.92 Å². The standard InChI is InChI=1S/C10H22O2/c1-4-6-7-10(3)12-9-8-11-5-2/h10H,4-9H2,1-3H3. The maximum absolute atomic E-state index is 5.52. The summed E-state index contributed by atoms with van der Waals surface area (Å²) < 4.78 is 10.7. The van der Waals surface area contributed by atoms with E-state index in [4.69, 9.17) is 9.47 Å². The SMILES string of the molecule is CCCCC(C)OCCOCC. The van der Waals surface area contributed by atoms with Gasteiger partial charge >= 0.3 is 0 Å². The van der Waals surface area contributed by atoms with E-state index < -0.39 is 0 Å². The maximum atomic E-state index is 5.52. The van der Waals surface area contributed by atoms with Gasteiger partial charge in [-0.15, -0.1) is 0 Å². The molecule has 2 nitrogen and oxygen atoms in total. The Hall–Kier alpha value is -0.0800. The minimum atomic E-state index is 0.394. The third kappa shape index (κ3) is 8.02. The predicted octanol–water partition coefficient (Wildman–Crippen LogP) is 2.62. The van der Waals surface area contributed by atoms with Gasteiger partial charge in [-0.25, -0.2) is 0 Å². The summed E-state index contributed by atoms with van der Waals surface area (Å²) in [6.07, 6.45) is 4.07. The molecule has 0 aliphatic carbocycles. The fraction of sp³-hybridized carbons (Fsp3) is 1.00. The van der Waals surface area contributed by atoms with Gasteiger partial charge in [-0.2, -0.15) is 0 Å². The molecule has 12 heavy (non-hydrogen) atoms. The van der Waals surface area contributed by atoms with Gasteiger partial charge in [0.15, 0.2) is 0 Å². The molecular weight excluding hydrogens is 152 g/mol. The van der Waals surface area contributed by atoms with Crippen molar-refractivity contribution in [2.75, 3.05) is 19.8 Å². The van der Waals surface area contributed by atoms with Gasteiger partial charge in [0, 0.05) is 6.61 Å². The molecule has 0 saturated heterocycles. The topological polar surface area (TPSA) is 18.5 Å². The molecule has 2 heteroatoms. The van der Waals surface area contributed by atoms with Crippen molar-refractivity contribution in [3.05, 3.63) is 0 Å². The highest BCUT2D eigenvalue weighted by atomic mass is 16.5. The molecule has 0 aromatic heterocycles. The van der Waals surface area contributed by atoms with Crippen molar-refractivity contribution in [3.63, 3.8) is 0 Å². The van der Waals surface area contributed by atoms with E-state index in [9.17, 15) is 0 Å². The van der Waals surface area contributed by atoms with Crippen LogP contribution in [-0.2, 0) is 9.47 Å². The van der Waals surface area contributed by atoms with E-state index in [1.165, 1.54) is 19.3 Å². The van der Waals surface area contributed by atoms with Crippen LogP contribution in [0.5, 0.6) is 0 Å². The second-order valence-electron chi connectivity index (χ2n) is 3.02. The van der Waals surface area contributed by atoms with Gasteiger partial charge in [-0.3, -0.25) is 0 Å². The van der Waals surface area contributed by atoms with E-state index in [1.54, 1.807) is 0 Å². The van der Waals surface area contributed by atoms with Gasteiger partial charge in [0.1, 0.15) is 0 Å². The molecule has 0 fully saturated rings. The summed E-state index contributed by atoms with van der Waals surface area (Å²) in [5, 5.41) is 0. The first-order chi connectivity index (χ1) is 5.81. The van der Waals surface area contributed by atoms with Gasteiger partial charge in [0.05, 0.1) is 19.3 Å². The summed E-state index contributed by atoms with van der Waals surface area (Å²) in [6, 6.07) is 0. The molecule has 0 aliphatic heterocycles. The predicted molar refractivity (Wildman–Crippen MR) is 51.4 cm³/mol. The summed E-state index contributed by atoms with van der Waals surface area (Å²) in [6.45, 7) is 8.58. The van der Waals surface area contributed by atoms with Crippen molar-refractivity contribution >= 4 is 0 Å². The van der Waals surface area contributed by atoms with Crippen LogP contribution >= 0.6 is 0 Å². The molecule has 0 aromatic carbocycles. The number of hydrogen-bond acceptors (Lipinski definition) is 2. The van der Waals surface area contributed by atoms with E-state index in [-0.39, 0.29) is 0 Å². The molecular formula is C10H22O2. The van der Waals surface area contributed by atoms with E-state index in [2.05, 4.69) is 13.8 Å². The monoisotopic (exact) mass is 174 g/mol. The molecule has 0 aromatic rings. The third-order valence-corrected chi connectivity index (χ3v) is 1.80. The van der Waals surface area contributed by atoms with Crippen LogP contribution in [0.3, 0.4) is 0 Å². The number of unbranched alkanes of at least 4 members (excludes halogenated alkanes) is 1. The number of ether oxygens (including phenoxy) is 2. The van der Waals surface area contributed by atoms with Crippen LogP contribution in [0.25, 0.3) is 0 Å². The minimum Gasteiger partial charge on any atom is -0.379 e. The molecule has 0 aliphatic rings. The van der Waals surface area contributed by atoms with Gasteiger partial charge in [0.25, 0.3) is 0 Å². The smallest absolute Gasteiger partial charge is 0.0704 e. The lowest BCUT2D eigenvalue weighted by Crippen LogP contribution is -2.12. The summed E-state index contributed by atoms with van der Waals surface area (Å²) in [5.74, 6) is 0. The Morgan fingerprint density at radius 1 is 1.17 bits per heavy atom. The van der Waals surface area contributed by atoms with Crippen molar-refractivity contribution in [3.8, 4) is 0 Å². The fourth-order valence-electron chi connectivity index (χ4n) is 1.03. The molecule has 1 unspecified atom stereocenters. The number of hydrogen-bond donors (Lipinski definition) is 0. The van der Waals surface area contributed by atoms with E-state index in [0.29, 0.717) is 6.10 Å². The largest absolute Gasteiger partial charge is 0.379 e. The van der Waals surface area contributed by atoms with Crippen molar-refractivity contribution < 1.29 is 9.47 Å². The second kappa shape index (κ2) is 9.01. The average Bonchev–Trinajstić information content (AvgIpc) is 2.09. The molecule has 0 N–H and O–H groups in total. The molecule has 74 valence electrons. The van der Waals surface area contributed by atoms with Crippen LogP contribution in [0.1, 0.15) is 40.0 Å². The van der Waals surface area contributed by atoms with Crippen LogP contribution in [-0.4, -0.2) is 25.9 Å². The molecule has 0 radical (unpaired) electrons. The number of rotatable bonds is 8. The van der Waals surface area contributed by atoms with Crippen molar-refractivity contribution in [1.82, 2.24) is 0 Å². The molecule has 0 rings (SSSR count). The Morgan fingerprint density at radius 3 is 2.50 bits per heavy atom. The van der Waals surface area contributed by atoms with Crippen molar-refractivity contribution in [2.45, 2.75) is 46.1 Å². The van der Waals surface area contributed by atoms with Gasteiger partial charge in [-0.1, -0.05) is 19.8 Å². The van der Waals surface area contributed by atoms with Gasteiger partial charge in [0.2, 0.25) is 0 Å². The Balaban J connectivity index is 3.02. The highest BCUT2D eigenvalue weighted by molar-refractivity contribution is 4.49. The minimum absolute atomic E-state index is 0.394. The first-order valence-corrected chi connectivity index (χ1v) is 5.00. The van der Waals surface area contributed by atoms with Gasteiger partial charge in [-0.05, 0) is 20.3 Å². The molecule has 0 bridgehead atoms. The second-order valence-corrected chi connectivity index (χ2v) is 3.02. The molecule has 1 atom stereocenters. The quantitative estimate of drug-likeness (QED) is 0.527. The zero-order valence-corrected chi connectivity index (χ0v) is 8.64. The third-order valence-electron chi connectivity index (χ3n) is 1.80. The molecule has 0 heterocycles.